The van der Waals surface area contributed by atoms with Crippen LogP contribution in [-0.4, -0.2) is 16.0 Å². The highest BCUT2D eigenvalue weighted by Gasteiger charge is 2.21. The van der Waals surface area contributed by atoms with E-state index in [0.717, 1.165) is 12.8 Å². The van der Waals surface area contributed by atoms with Crippen molar-refractivity contribution in [1.82, 2.24) is 0 Å². The molecule has 0 atom stereocenters. The molecule has 0 aromatic heterocycles. The van der Waals surface area contributed by atoms with Gasteiger partial charge in [0.15, 0.2) is 0 Å². The van der Waals surface area contributed by atoms with Crippen LogP contribution in [0, 0.1) is 0 Å². The summed E-state index contributed by atoms with van der Waals surface area (Å²) in [4.78, 5) is 0. The van der Waals surface area contributed by atoms with Crippen LogP contribution < -0.4 is 0 Å². The SMILES string of the molecule is CCCCCCCC(Cl)(Cl)CO. The van der Waals surface area contributed by atoms with E-state index in [2.05, 4.69) is 6.92 Å². The Hall–Kier alpha value is 0.540. The topological polar surface area (TPSA) is 20.2 Å². The van der Waals surface area contributed by atoms with Crippen LogP contribution >= 0.6 is 23.2 Å². The highest BCUT2D eigenvalue weighted by Crippen LogP contribution is 2.27. The summed E-state index contributed by atoms with van der Waals surface area (Å²) in [5.41, 5.74) is 0. The third kappa shape index (κ3) is 7.20. The summed E-state index contributed by atoms with van der Waals surface area (Å²) in [6.07, 6.45) is 6.62. The Balaban J connectivity index is 3.19. The van der Waals surface area contributed by atoms with E-state index in [1.54, 1.807) is 0 Å². The zero-order valence-electron chi connectivity index (χ0n) is 7.65. The molecule has 0 fully saturated rings. The average molecular weight is 213 g/mol. The molecule has 0 radical (unpaired) electrons. The second-order valence-corrected chi connectivity index (χ2v) is 4.82. The van der Waals surface area contributed by atoms with Gasteiger partial charge in [0.1, 0.15) is 4.33 Å². The van der Waals surface area contributed by atoms with Crippen molar-refractivity contribution in [3.05, 3.63) is 0 Å². The first-order chi connectivity index (χ1) is 5.62. The maximum atomic E-state index is 8.73. The predicted molar refractivity (Wildman–Crippen MR) is 54.9 cm³/mol. The average Bonchev–Trinajstić information content (AvgIpc) is 2.04. The number of alkyl halides is 2. The lowest BCUT2D eigenvalue weighted by Crippen LogP contribution is -2.17. The molecule has 12 heavy (non-hydrogen) atoms. The Morgan fingerprint density at radius 2 is 1.67 bits per heavy atom. The van der Waals surface area contributed by atoms with Gasteiger partial charge in [-0.3, -0.25) is 0 Å². The molecule has 0 aliphatic heterocycles. The first-order valence-electron chi connectivity index (χ1n) is 4.61. The van der Waals surface area contributed by atoms with Gasteiger partial charge in [0, 0.05) is 0 Å². The van der Waals surface area contributed by atoms with E-state index in [9.17, 15) is 0 Å². The lowest BCUT2D eigenvalue weighted by molar-refractivity contribution is 0.271. The second-order valence-electron chi connectivity index (χ2n) is 3.18. The molecule has 0 saturated heterocycles. The maximum absolute atomic E-state index is 8.73. The van der Waals surface area contributed by atoms with Crippen molar-refractivity contribution in [2.45, 2.75) is 49.8 Å². The summed E-state index contributed by atoms with van der Waals surface area (Å²) < 4.78 is -0.911. The van der Waals surface area contributed by atoms with E-state index in [4.69, 9.17) is 28.3 Å². The molecular formula is C9H18Cl2O. The molecule has 74 valence electrons. The molecule has 1 N–H and O–H groups in total. The predicted octanol–water partition coefficient (Wildman–Crippen LogP) is 3.51. The molecule has 1 nitrogen and oxygen atoms in total. The van der Waals surface area contributed by atoms with Gasteiger partial charge in [-0.2, -0.15) is 0 Å². The van der Waals surface area contributed by atoms with Crippen LogP contribution in [0.3, 0.4) is 0 Å². The Kier molecular flexibility index (Phi) is 7.31. The van der Waals surface area contributed by atoms with Crippen LogP contribution in [0.5, 0.6) is 0 Å². The van der Waals surface area contributed by atoms with E-state index in [0.29, 0.717) is 6.42 Å². The fourth-order valence-corrected chi connectivity index (χ4v) is 1.33. The van der Waals surface area contributed by atoms with Crippen LogP contribution in [0.4, 0.5) is 0 Å². The lowest BCUT2D eigenvalue weighted by Gasteiger charge is -2.15. The molecular weight excluding hydrogens is 195 g/mol. The third-order valence-corrected chi connectivity index (χ3v) is 2.49. The quantitative estimate of drug-likeness (QED) is 0.506. The number of unbranched alkanes of at least 4 members (excludes halogenated alkanes) is 4. The van der Waals surface area contributed by atoms with E-state index >= 15 is 0 Å². The molecule has 0 amide bonds. The highest BCUT2D eigenvalue weighted by atomic mass is 35.5. The molecule has 0 aromatic rings. The summed E-state index contributed by atoms with van der Waals surface area (Å²) in [6.45, 7) is 2.03. The van der Waals surface area contributed by atoms with Crippen molar-refractivity contribution in [3.63, 3.8) is 0 Å². The lowest BCUT2D eigenvalue weighted by atomic mass is 10.1. The first-order valence-corrected chi connectivity index (χ1v) is 5.36. The molecule has 0 bridgehead atoms. The fraction of sp³-hybridized carbons (Fsp3) is 1.00. The number of hydrogen-bond acceptors (Lipinski definition) is 1. The van der Waals surface area contributed by atoms with Crippen molar-refractivity contribution in [2.75, 3.05) is 6.61 Å². The molecule has 0 aliphatic carbocycles. The zero-order valence-corrected chi connectivity index (χ0v) is 9.16. The zero-order chi connectivity index (χ0) is 9.45. The van der Waals surface area contributed by atoms with Gasteiger partial charge in [-0.15, -0.1) is 0 Å². The normalized spacial score (nSPS) is 12.0. The first kappa shape index (κ1) is 12.5. The van der Waals surface area contributed by atoms with Crippen molar-refractivity contribution in [3.8, 4) is 0 Å². The van der Waals surface area contributed by atoms with Gasteiger partial charge in [0.05, 0.1) is 6.61 Å². The van der Waals surface area contributed by atoms with Crippen molar-refractivity contribution in [1.29, 1.82) is 0 Å². The number of aliphatic hydroxyl groups is 1. The minimum atomic E-state index is -0.911. The number of aliphatic hydroxyl groups excluding tert-OH is 1. The van der Waals surface area contributed by atoms with Gasteiger partial charge in [-0.1, -0.05) is 62.2 Å². The van der Waals surface area contributed by atoms with E-state index in [1.807, 2.05) is 0 Å². The number of rotatable bonds is 7. The van der Waals surface area contributed by atoms with Crippen molar-refractivity contribution < 1.29 is 5.11 Å². The van der Waals surface area contributed by atoms with Crippen LogP contribution in [0.1, 0.15) is 45.4 Å². The van der Waals surface area contributed by atoms with Gasteiger partial charge < -0.3 is 5.11 Å². The van der Waals surface area contributed by atoms with Crippen LogP contribution in [0.25, 0.3) is 0 Å². The summed E-state index contributed by atoms with van der Waals surface area (Å²) in [5.74, 6) is 0. The molecule has 0 heterocycles. The van der Waals surface area contributed by atoms with Gasteiger partial charge in [-0.25, -0.2) is 0 Å². The van der Waals surface area contributed by atoms with Gasteiger partial charge in [-0.05, 0) is 6.42 Å². The van der Waals surface area contributed by atoms with Gasteiger partial charge >= 0.3 is 0 Å². The minimum Gasteiger partial charge on any atom is -0.393 e. The largest absolute Gasteiger partial charge is 0.393 e. The summed E-state index contributed by atoms with van der Waals surface area (Å²) >= 11 is 11.5. The summed E-state index contributed by atoms with van der Waals surface area (Å²) in [5, 5.41) is 8.73. The van der Waals surface area contributed by atoms with Crippen LogP contribution in [-0.2, 0) is 0 Å². The number of hydrogen-bond donors (Lipinski definition) is 1. The fourth-order valence-electron chi connectivity index (χ4n) is 1.07. The van der Waals surface area contributed by atoms with Crippen molar-refractivity contribution in [2.24, 2.45) is 0 Å². The second kappa shape index (κ2) is 6.99. The molecule has 0 aromatic carbocycles. The standard InChI is InChI=1S/C9H18Cl2O/c1-2-3-4-5-6-7-9(10,11)8-12/h12H,2-8H2,1H3. The highest BCUT2D eigenvalue weighted by molar-refractivity contribution is 6.48. The summed E-state index contributed by atoms with van der Waals surface area (Å²) in [7, 11) is 0. The van der Waals surface area contributed by atoms with Gasteiger partial charge in [0.2, 0.25) is 0 Å². The molecule has 0 unspecified atom stereocenters. The van der Waals surface area contributed by atoms with Gasteiger partial charge in [0.25, 0.3) is 0 Å². The van der Waals surface area contributed by atoms with E-state index in [1.165, 1.54) is 19.3 Å². The Labute approximate surface area is 85.1 Å². The van der Waals surface area contributed by atoms with Crippen LogP contribution in [0.15, 0.2) is 0 Å². The molecule has 3 heteroatoms. The van der Waals surface area contributed by atoms with E-state index in [-0.39, 0.29) is 6.61 Å². The third-order valence-electron chi connectivity index (χ3n) is 1.88. The van der Waals surface area contributed by atoms with Crippen molar-refractivity contribution >= 4 is 23.2 Å². The molecule has 0 rings (SSSR count). The smallest absolute Gasteiger partial charge is 0.141 e. The molecule has 0 saturated carbocycles. The number of halogens is 2. The Morgan fingerprint density at radius 3 is 2.17 bits per heavy atom. The van der Waals surface area contributed by atoms with Crippen LogP contribution in [0.2, 0.25) is 0 Å². The maximum Gasteiger partial charge on any atom is 0.141 e. The molecule has 0 aliphatic rings. The minimum absolute atomic E-state index is 0.149. The molecule has 0 spiro atoms. The summed E-state index contributed by atoms with van der Waals surface area (Å²) in [6, 6.07) is 0. The monoisotopic (exact) mass is 212 g/mol. The van der Waals surface area contributed by atoms with E-state index < -0.39 is 4.33 Å². The Bertz CT molecular complexity index is 105. The Morgan fingerprint density at radius 1 is 1.08 bits per heavy atom.